The minimum absolute atomic E-state index is 0.0119. The zero-order valence-corrected chi connectivity index (χ0v) is 27.7. The summed E-state index contributed by atoms with van der Waals surface area (Å²) in [6.45, 7) is -0.976. The number of nitrogens with one attached hydrogen (secondary N) is 5. The summed E-state index contributed by atoms with van der Waals surface area (Å²) in [4.78, 5) is 48.9. The first kappa shape index (κ1) is 36.8. The summed E-state index contributed by atoms with van der Waals surface area (Å²) in [6, 6.07) is 18.4. The highest BCUT2D eigenvalue weighted by molar-refractivity contribution is 6.35. The number of carbonyl (C=O) groups is 3. The lowest BCUT2D eigenvalue weighted by molar-refractivity contribution is -0.154. The molecule has 51 heavy (non-hydrogen) atoms. The van der Waals surface area contributed by atoms with E-state index >= 15 is 0 Å². The summed E-state index contributed by atoms with van der Waals surface area (Å²) in [7, 11) is 0. The van der Waals surface area contributed by atoms with Gasteiger partial charge in [0, 0.05) is 35.9 Å². The molecule has 0 unspecified atom stereocenters. The molecule has 0 radical (unpaired) electrons. The van der Waals surface area contributed by atoms with Gasteiger partial charge < -0.3 is 31.3 Å². The van der Waals surface area contributed by atoms with Gasteiger partial charge in [0.05, 0.1) is 5.54 Å². The van der Waals surface area contributed by atoms with Crippen LogP contribution in [-0.2, 0) is 21.7 Å². The lowest BCUT2D eigenvalue weighted by Gasteiger charge is -2.19. The molecule has 1 heterocycles. The van der Waals surface area contributed by atoms with Crippen LogP contribution in [0.5, 0.6) is 6.01 Å². The number of nitrogens with zero attached hydrogens (tertiary/aromatic N) is 3. The maximum absolute atomic E-state index is 13.0. The fourth-order valence-electron chi connectivity index (χ4n) is 4.81. The van der Waals surface area contributed by atoms with Crippen molar-refractivity contribution in [2.75, 3.05) is 30.3 Å². The summed E-state index contributed by atoms with van der Waals surface area (Å²) >= 11 is 6.02. The third-order valence-corrected chi connectivity index (χ3v) is 7.88. The molecule has 12 nitrogen and oxygen atoms in total. The van der Waals surface area contributed by atoms with E-state index in [1.165, 1.54) is 24.3 Å². The molecular formula is C34H33ClF4N8O4. The van der Waals surface area contributed by atoms with Gasteiger partial charge in [-0.15, -0.1) is 0 Å². The van der Waals surface area contributed by atoms with E-state index in [-0.39, 0.29) is 30.9 Å². The van der Waals surface area contributed by atoms with Crippen LogP contribution >= 0.6 is 11.6 Å². The van der Waals surface area contributed by atoms with E-state index < -0.39 is 42.0 Å². The number of halogens is 5. The number of amides is 3. The second-order valence-corrected chi connectivity index (χ2v) is 12.0. The predicted octanol–water partition coefficient (Wildman–Crippen LogP) is 5.39. The van der Waals surface area contributed by atoms with Gasteiger partial charge in [-0.2, -0.15) is 28.1 Å². The summed E-state index contributed by atoms with van der Waals surface area (Å²) in [5.41, 5.74) is 1.84. The van der Waals surface area contributed by atoms with Crippen molar-refractivity contribution in [3.8, 4) is 6.01 Å². The van der Waals surface area contributed by atoms with Crippen LogP contribution in [0.15, 0.2) is 72.8 Å². The van der Waals surface area contributed by atoms with Crippen molar-refractivity contribution < 1.29 is 36.7 Å². The Hall–Kier alpha value is -5.51. The molecule has 3 amide bonds. The van der Waals surface area contributed by atoms with Crippen molar-refractivity contribution >= 4 is 46.9 Å². The number of carbonyl (C=O) groups excluding carboxylic acids is 3. The van der Waals surface area contributed by atoms with Crippen LogP contribution in [0.4, 0.5) is 35.1 Å². The first-order chi connectivity index (χ1) is 24.4. The number of unbranched alkanes of at least 4 members (excludes halogenated alkanes) is 1. The molecule has 0 spiro atoms. The summed E-state index contributed by atoms with van der Waals surface area (Å²) in [5.74, 6) is -2.42. The van der Waals surface area contributed by atoms with Crippen LogP contribution < -0.4 is 31.3 Å². The average Bonchev–Trinajstić information content (AvgIpc) is 3.88. The normalized spacial score (nSPS) is 13.1. The van der Waals surface area contributed by atoms with Crippen molar-refractivity contribution in [2.45, 2.75) is 43.9 Å². The smallest absolute Gasteiger partial charge is 0.422 e. The van der Waals surface area contributed by atoms with E-state index in [4.69, 9.17) is 16.3 Å². The molecule has 5 N–H and O–H groups in total. The number of alkyl halides is 3. The van der Waals surface area contributed by atoms with Crippen LogP contribution in [0.3, 0.4) is 0 Å². The van der Waals surface area contributed by atoms with Crippen LogP contribution in [0, 0.1) is 5.82 Å². The Morgan fingerprint density at radius 2 is 1.41 bits per heavy atom. The number of ether oxygens (including phenoxy) is 1. The number of aromatic nitrogens is 3. The highest BCUT2D eigenvalue weighted by Crippen LogP contribution is 2.48. The van der Waals surface area contributed by atoms with E-state index in [1.807, 2.05) is 12.1 Å². The van der Waals surface area contributed by atoms with Crippen LogP contribution in [0.1, 0.15) is 47.2 Å². The van der Waals surface area contributed by atoms with E-state index in [9.17, 15) is 31.9 Å². The summed E-state index contributed by atoms with van der Waals surface area (Å²) in [5, 5.41) is 14.4. The molecule has 0 atom stereocenters. The molecule has 3 aromatic carbocycles. The van der Waals surface area contributed by atoms with Crippen molar-refractivity contribution in [3.63, 3.8) is 0 Å². The fraction of sp³-hybridized carbons (Fsp3) is 0.294. The lowest BCUT2D eigenvalue weighted by Crippen LogP contribution is -2.40. The number of anilines is 3. The minimum Gasteiger partial charge on any atom is -0.454 e. The van der Waals surface area contributed by atoms with Gasteiger partial charge in [-0.1, -0.05) is 35.9 Å². The van der Waals surface area contributed by atoms with Crippen molar-refractivity contribution in [1.29, 1.82) is 0 Å². The number of rotatable bonds is 15. The van der Waals surface area contributed by atoms with Crippen molar-refractivity contribution in [3.05, 3.63) is 100 Å². The molecule has 4 aromatic rings. The third-order valence-electron chi connectivity index (χ3n) is 7.63. The van der Waals surface area contributed by atoms with Crippen LogP contribution in [-0.4, -0.2) is 58.5 Å². The molecule has 1 fully saturated rings. The molecule has 0 saturated heterocycles. The largest absolute Gasteiger partial charge is 0.454 e. The summed E-state index contributed by atoms with van der Waals surface area (Å²) < 4.78 is 56.5. The Bertz CT molecular complexity index is 1820. The maximum Gasteiger partial charge on any atom is 0.422 e. The Morgan fingerprint density at radius 1 is 0.784 bits per heavy atom. The number of hydrogen-bond donors (Lipinski definition) is 5. The maximum atomic E-state index is 13.0. The predicted molar refractivity (Wildman–Crippen MR) is 180 cm³/mol. The quantitative estimate of drug-likeness (QED) is 0.0615. The first-order valence-electron chi connectivity index (χ1n) is 15.8. The minimum atomic E-state index is -4.60. The topological polar surface area (TPSA) is 159 Å². The third kappa shape index (κ3) is 11.3. The van der Waals surface area contributed by atoms with Crippen molar-refractivity contribution in [1.82, 2.24) is 30.9 Å². The highest BCUT2D eigenvalue weighted by atomic mass is 35.5. The number of hydrogen-bond acceptors (Lipinski definition) is 9. The Labute approximate surface area is 294 Å². The molecule has 17 heteroatoms. The lowest BCUT2D eigenvalue weighted by atomic mass is 10.1. The molecule has 1 aromatic heterocycles. The second kappa shape index (κ2) is 16.5. The highest BCUT2D eigenvalue weighted by Gasteiger charge is 2.45. The van der Waals surface area contributed by atoms with E-state index in [0.717, 1.165) is 18.4 Å². The SMILES string of the molecule is O=C(NCCCCNC(=O)c1ccc(Nc2nc(NC3(c4ccc(Cl)cc4)CC3)nc(OCC(F)(F)F)n2)cc1)C(=O)NCc1ccc(F)cc1. The fourth-order valence-corrected chi connectivity index (χ4v) is 4.93. The standard InChI is InChI=1S/C34H33ClF4N8O4/c35-24-9-7-23(8-10-24)33(15-16-33)47-31-44-30(45-32(46-31)51-20-34(37,38)39)43-26-13-5-22(6-14-26)27(48)40-17-1-2-18-41-28(49)29(50)42-19-21-3-11-25(36)12-4-21/h3-14H,1-2,15-20H2,(H,40,48)(H,41,49)(H,42,50)(H2,43,44,45,46,47). The van der Waals surface area contributed by atoms with E-state index in [2.05, 4.69) is 41.5 Å². The molecule has 1 saturated carbocycles. The first-order valence-corrected chi connectivity index (χ1v) is 16.2. The van der Waals surface area contributed by atoms with Gasteiger partial charge in [0.25, 0.3) is 5.91 Å². The Kier molecular flexibility index (Phi) is 11.9. The van der Waals surface area contributed by atoms with Gasteiger partial charge >= 0.3 is 24.0 Å². The van der Waals surface area contributed by atoms with Gasteiger partial charge in [0.15, 0.2) is 6.61 Å². The van der Waals surface area contributed by atoms with Crippen LogP contribution in [0.2, 0.25) is 5.02 Å². The van der Waals surface area contributed by atoms with Crippen LogP contribution in [0.25, 0.3) is 0 Å². The zero-order valence-electron chi connectivity index (χ0n) is 26.9. The number of benzene rings is 3. The van der Waals surface area contributed by atoms with Gasteiger partial charge in [-0.25, -0.2) is 4.39 Å². The molecule has 5 rings (SSSR count). The van der Waals surface area contributed by atoms with E-state index in [0.29, 0.717) is 41.2 Å². The van der Waals surface area contributed by atoms with Gasteiger partial charge in [0.2, 0.25) is 11.9 Å². The Balaban J connectivity index is 1.08. The zero-order chi connectivity index (χ0) is 36.4. The molecule has 0 aliphatic heterocycles. The monoisotopic (exact) mass is 728 g/mol. The molecule has 1 aliphatic rings. The van der Waals surface area contributed by atoms with Gasteiger partial charge in [-0.3, -0.25) is 14.4 Å². The molecule has 268 valence electrons. The van der Waals surface area contributed by atoms with Crippen molar-refractivity contribution in [2.24, 2.45) is 0 Å². The summed E-state index contributed by atoms with van der Waals surface area (Å²) in [6.07, 6.45) is -2.11. The molecular weight excluding hydrogens is 696 g/mol. The van der Waals surface area contributed by atoms with Gasteiger partial charge in [0.1, 0.15) is 5.82 Å². The Morgan fingerprint density at radius 3 is 2.06 bits per heavy atom. The van der Waals surface area contributed by atoms with E-state index in [1.54, 1.807) is 36.4 Å². The molecule has 0 bridgehead atoms. The van der Waals surface area contributed by atoms with Gasteiger partial charge in [-0.05, 0) is 85.3 Å². The average molecular weight is 729 g/mol. The molecule has 1 aliphatic carbocycles. The second-order valence-electron chi connectivity index (χ2n) is 11.6.